The van der Waals surface area contributed by atoms with Crippen LogP contribution in [-0.2, 0) is 19.6 Å². The Morgan fingerprint density at radius 1 is 1.26 bits per heavy atom. The summed E-state index contributed by atoms with van der Waals surface area (Å²) >= 11 is 0. The zero-order chi connectivity index (χ0) is 19.4. The third kappa shape index (κ3) is 4.71. The monoisotopic (exact) mass is 392 g/mol. The molecule has 3 rings (SSSR count). The fraction of sp³-hybridized carbons (Fsp3) is 0.316. The first-order valence-corrected chi connectivity index (χ1v) is 10.1. The maximum atomic E-state index is 13.2. The molecule has 6 nitrogen and oxygen atoms in total. The number of morpholine rings is 1. The van der Waals surface area contributed by atoms with Crippen molar-refractivity contribution in [2.24, 2.45) is 0 Å². The van der Waals surface area contributed by atoms with Crippen molar-refractivity contribution in [3.63, 3.8) is 0 Å². The number of amides is 1. The average Bonchev–Trinajstić information content (AvgIpc) is 2.66. The number of halogens is 1. The van der Waals surface area contributed by atoms with E-state index in [1.54, 1.807) is 4.90 Å². The van der Waals surface area contributed by atoms with Gasteiger partial charge in [-0.05, 0) is 36.2 Å². The fourth-order valence-corrected chi connectivity index (χ4v) is 4.20. The highest BCUT2D eigenvalue weighted by Gasteiger charge is 2.26. The van der Waals surface area contributed by atoms with Crippen molar-refractivity contribution >= 4 is 15.9 Å². The molecule has 0 saturated carbocycles. The Morgan fingerprint density at radius 2 is 2.00 bits per heavy atom. The van der Waals surface area contributed by atoms with Gasteiger partial charge in [0.15, 0.2) is 0 Å². The van der Waals surface area contributed by atoms with Crippen molar-refractivity contribution < 1.29 is 22.3 Å². The summed E-state index contributed by atoms with van der Waals surface area (Å²) in [7, 11) is -3.90. The number of benzene rings is 2. The lowest BCUT2D eigenvalue weighted by atomic mass is 10.1. The van der Waals surface area contributed by atoms with E-state index in [9.17, 15) is 17.6 Å². The minimum Gasteiger partial charge on any atom is -0.370 e. The molecule has 1 saturated heterocycles. The number of sulfonamides is 1. The van der Waals surface area contributed by atoms with Crippen LogP contribution in [0.3, 0.4) is 0 Å². The quantitative estimate of drug-likeness (QED) is 0.845. The number of hydrogen-bond donors (Lipinski definition) is 1. The summed E-state index contributed by atoms with van der Waals surface area (Å²) < 4.78 is 46.0. The molecule has 0 unspecified atom stereocenters. The van der Waals surface area contributed by atoms with Gasteiger partial charge in [-0.15, -0.1) is 0 Å². The SMILES string of the molecule is Cc1cc(F)ccc1S(=O)(=O)NCC(=O)N1CCO[C@@H](c2ccccc2)C1. The van der Waals surface area contributed by atoms with Crippen LogP contribution in [0.1, 0.15) is 17.2 Å². The first-order chi connectivity index (χ1) is 12.9. The number of rotatable bonds is 5. The normalized spacial score (nSPS) is 17.7. The van der Waals surface area contributed by atoms with Gasteiger partial charge in [0.05, 0.1) is 24.6 Å². The fourth-order valence-electron chi connectivity index (χ4n) is 3.01. The van der Waals surface area contributed by atoms with E-state index in [1.807, 2.05) is 30.3 Å². The van der Waals surface area contributed by atoms with Crippen LogP contribution in [0.4, 0.5) is 4.39 Å². The Balaban J connectivity index is 1.63. The zero-order valence-electron chi connectivity index (χ0n) is 14.9. The van der Waals surface area contributed by atoms with Crippen LogP contribution < -0.4 is 4.72 Å². The number of ether oxygens (including phenoxy) is 1. The second-order valence-electron chi connectivity index (χ2n) is 6.34. The standard InChI is InChI=1S/C19H21FN2O4S/c1-14-11-16(20)7-8-18(14)27(24,25)21-12-19(23)22-9-10-26-17(13-22)15-5-3-2-4-6-15/h2-8,11,17,21H,9-10,12-13H2,1H3/t17-/m1/s1. The number of carbonyl (C=O) groups is 1. The van der Waals surface area contributed by atoms with Crippen molar-refractivity contribution in [1.82, 2.24) is 9.62 Å². The van der Waals surface area contributed by atoms with Gasteiger partial charge < -0.3 is 9.64 Å². The van der Waals surface area contributed by atoms with E-state index >= 15 is 0 Å². The Bertz CT molecular complexity index is 919. The summed E-state index contributed by atoms with van der Waals surface area (Å²) in [5, 5.41) is 0. The molecular weight excluding hydrogens is 371 g/mol. The van der Waals surface area contributed by atoms with Crippen LogP contribution in [0.25, 0.3) is 0 Å². The summed E-state index contributed by atoms with van der Waals surface area (Å²) in [6.07, 6.45) is -0.236. The van der Waals surface area contributed by atoms with Crippen LogP contribution in [0, 0.1) is 12.7 Å². The van der Waals surface area contributed by atoms with Crippen LogP contribution in [0.5, 0.6) is 0 Å². The van der Waals surface area contributed by atoms with Gasteiger partial charge >= 0.3 is 0 Å². The van der Waals surface area contributed by atoms with E-state index in [1.165, 1.54) is 13.0 Å². The highest BCUT2D eigenvalue weighted by Crippen LogP contribution is 2.22. The van der Waals surface area contributed by atoms with E-state index in [4.69, 9.17) is 4.74 Å². The molecule has 27 heavy (non-hydrogen) atoms. The highest BCUT2D eigenvalue weighted by atomic mass is 32.2. The minimum atomic E-state index is -3.90. The molecule has 8 heteroatoms. The second-order valence-corrected chi connectivity index (χ2v) is 8.08. The van der Waals surface area contributed by atoms with Gasteiger partial charge in [0.2, 0.25) is 15.9 Å². The number of carbonyl (C=O) groups excluding carboxylic acids is 1. The predicted molar refractivity (Wildman–Crippen MR) is 98.0 cm³/mol. The molecule has 1 N–H and O–H groups in total. The Kier molecular flexibility index (Phi) is 5.88. The molecule has 2 aromatic carbocycles. The first-order valence-electron chi connectivity index (χ1n) is 8.57. The summed E-state index contributed by atoms with van der Waals surface area (Å²) in [5.41, 5.74) is 1.25. The van der Waals surface area contributed by atoms with Gasteiger partial charge in [0.25, 0.3) is 0 Å². The van der Waals surface area contributed by atoms with Gasteiger partial charge in [-0.1, -0.05) is 30.3 Å². The first kappa shape index (κ1) is 19.5. The van der Waals surface area contributed by atoms with Gasteiger partial charge in [-0.2, -0.15) is 0 Å². The van der Waals surface area contributed by atoms with Crippen LogP contribution >= 0.6 is 0 Å². The maximum Gasteiger partial charge on any atom is 0.241 e. The molecular formula is C19H21FN2O4S. The second kappa shape index (κ2) is 8.16. The van der Waals surface area contributed by atoms with Crippen molar-refractivity contribution in [1.29, 1.82) is 0 Å². The molecule has 1 aliphatic heterocycles. The molecule has 1 amide bonds. The predicted octanol–water partition coefficient (Wildman–Crippen LogP) is 2.01. The number of aryl methyl sites for hydroxylation is 1. The lowest BCUT2D eigenvalue weighted by molar-refractivity contribution is -0.137. The van der Waals surface area contributed by atoms with Crippen molar-refractivity contribution in [3.8, 4) is 0 Å². The van der Waals surface area contributed by atoms with E-state index < -0.39 is 15.8 Å². The molecule has 1 atom stereocenters. The number of hydrogen-bond acceptors (Lipinski definition) is 4. The molecule has 2 aromatic rings. The van der Waals surface area contributed by atoms with Crippen molar-refractivity contribution in [3.05, 3.63) is 65.5 Å². The lowest BCUT2D eigenvalue weighted by Gasteiger charge is -2.33. The summed E-state index contributed by atoms with van der Waals surface area (Å²) in [5.74, 6) is -0.842. The largest absolute Gasteiger partial charge is 0.370 e. The highest BCUT2D eigenvalue weighted by molar-refractivity contribution is 7.89. The summed E-state index contributed by atoms with van der Waals surface area (Å²) in [6, 6.07) is 13.0. The van der Waals surface area contributed by atoms with Crippen molar-refractivity contribution in [2.45, 2.75) is 17.9 Å². The van der Waals surface area contributed by atoms with Crippen LogP contribution in [0.2, 0.25) is 0 Å². The molecule has 1 fully saturated rings. The van der Waals surface area contributed by atoms with Gasteiger partial charge in [-0.3, -0.25) is 4.79 Å². The third-order valence-corrected chi connectivity index (χ3v) is 5.99. The van der Waals surface area contributed by atoms with Gasteiger partial charge in [0, 0.05) is 6.54 Å². The third-order valence-electron chi connectivity index (χ3n) is 4.43. The minimum absolute atomic E-state index is 0.0409. The molecule has 0 radical (unpaired) electrons. The van der Waals surface area contributed by atoms with E-state index in [0.29, 0.717) is 19.7 Å². The topological polar surface area (TPSA) is 75.7 Å². The molecule has 0 aromatic heterocycles. The maximum absolute atomic E-state index is 13.2. The van der Waals surface area contributed by atoms with E-state index in [2.05, 4.69) is 4.72 Å². The lowest BCUT2D eigenvalue weighted by Crippen LogP contribution is -2.46. The summed E-state index contributed by atoms with van der Waals surface area (Å²) in [4.78, 5) is 14.0. The van der Waals surface area contributed by atoms with Crippen LogP contribution in [-0.4, -0.2) is 45.5 Å². The van der Waals surface area contributed by atoms with Gasteiger partial charge in [0.1, 0.15) is 11.9 Å². The molecule has 0 bridgehead atoms. The molecule has 0 spiro atoms. The Labute approximate surface area is 158 Å². The van der Waals surface area contributed by atoms with Crippen molar-refractivity contribution in [2.75, 3.05) is 26.2 Å². The Morgan fingerprint density at radius 3 is 2.70 bits per heavy atom. The summed E-state index contributed by atoms with van der Waals surface area (Å²) in [6.45, 7) is 2.29. The molecule has 1 aliphatic rings. The van der Waals surface area contributed by atoms with Gasteiger partial charge in [-0.25, -0.2) is 17.5 Å². The zero-order valence-corrected chi connectivity index (χ0v) is 15.7. The average molecular weight is 392 g/mol. The number of nitrogens with one attached hydrogen (secondary N) is 1. The molecule has 144 valence electrons. The number of nitrogens with zero attached hydrogens (tertiary/aromatic N) is 1. The Hall–Kier alpha value is -2.29. The van der Waals surface area contributed by atoms with Crippen LogP contribution in [0.15, 0.2) is 53.4 Å². The van der Waals surface area contributed by atoms with E-state index in [0.717, 1.165) is 17.7 Å². The molecule has 1 heterocycles. The molecule has 0 aliphatic carbocycles. The smallest absolute Gasteiger partial charge is 0.241 e. The van der Waals surface area contributed by atoms with E-state index in [-0.39, 0.29) is 29.0 Å².